The quantitative estimate of drug-likeness (QED) is 0.480. The fourth-order valence-electron chi connectivity index (χ4n) is 2.66. The zero-order valence-electron chi connectivity index (χ0n) is 13.6. The SMILES string of the molecule is CC(C)(CCc1ccccc1)/C(F)=C\c1csc2ccccc12. The van der Waals surface area contributed by atoms with E-state index in [1.807, 2.05) is 49.6 Å². The summed E-state index contributed by atoms with van der Waals surface area (Å²) >= 11 is 1.67. The molecule has 0 aliphatic carbocycles. The Hall–Kier alpha value is -1.93. The molecule has 3 aromatic rings. The van der Waals surface area contributed by atoms with Gasteiger partial charge in [-0.2, -0.15) is 0 Å². The zero-order chi connectivity index (χ0) is 16.3. The van der Waals surface area contributed by atoms with Crippen LogP contribution in [0.3, 0.4) is 0 Å². The second-order valence-electron chi connectivity index (χ2n) is 6.55. The minimum absolute atomic E-state index is 0.0445. The van der Waals surface area contributed by atoms with Crippen LogP contribution in [0, 0.1) is 5.41 Å². The number of fused-ring (bicyclic) bond motifs is 1. The molecule has 0 unspecified atom stereocenters. The van der Waals surface area contributed by atoms with Gasteiger partial charge < -0.3 is 0 Å². The van der Waals surface area contributed by atoms with Crippen molar-refractivity contribution >= 4 is 27.5 Å². The van der Waals surface area contributed by atoms with Crippen molar-refractivity contribution in [2.24, 2.45) is 5.41 Å². The largest absolute Gasteiger partial charge is 0.211 e. The van der Waals surface area contributed by atoms with Gasteiger partial charge in [-0.1, -0.05) is 62.4 Å². The highest BCUT2D eigenvalue weighted by molar-refractivity contribution is 7.17. The van der Waals surface area contributed by atoms with Crippen molar-refractivity contribution in [3.8, 4) is 0 Å². The van der Waals surface area contributed by atoms with E-state index in [0.717, 1.165) is 23.8 Å². The van der Waals surface area contributed by atoms with Crippen LogP contribution in [0.1, 0.15) is 31.4 Å². The highest BCUT2D eigenvalue weighted by Crippen LogP contribution is 2.36. The molecule has 23 heavy (non-hydrogen) atoms. The van der Waals surface area contributed by atoms with Crippen LogP contribution >= 0.6 is 11.3 Å². The molecule has 2 aromatic carbocycles. The van der Waals surface area contributed by atoms with Crippen molar-refractivity contribution in [3.63, 3.8) is 0 Å². The molecule has 0 atom stereocenters. The molecule has 0 saturated heterocycles. The number of thiophene rings is 1. The molecule has 2 heteroatoms. The van der Waals surface area contributed by atoms with Crippen molar-refractivity contribution in [2.75, 3.05) is 0 Å². The molecule has 0 spiro atoms. The lowest BCUT2D eigenvalue weighted by molar-refractivity contribution is 0.329. The topological polar surface area (TPSA) is 0 Å². The fraction of sp³-hybridized carbons (Fsp3) is 0.238. The van der Waals surface area contributed by atoms with E-state index >= 15 is 0 Å². The lowest BCUT2D eigenvalue weighted by Crippen LogP contribution is -2.13. The predicted molar refractivity (Wildman–Crippen MR) is 99.5 cm³/mol. The Bertz CT molecular complexity index is 812. The normalized spacial score (nSPS) is 12.7. The Morgan fingerprint density at radius 1 is 1.04 bits per heavy atom. The van der Waals surface area contributed by atoms with Crippen molar-refractivity contribution in [1.29, 1.82) is 0 Å². The number of rotatable bonds is 5. The van der Waals surface area contributed by atoms with Gasteiger partial charge in [-0.3, -0.25) is 0 Å². The molecule has 0 fully saturated rings. The van der Waals surface area contributed by atoms with E-state index in [9.17, 15) is 4.39 Å². The number of aryl methyl sites for hydroxylation is 1. The van der Waals surface area contributed by atoms with Gasteiger partial charge in [0, 0.05) is 10.1 Å². The molecule has 0 saturated carbocycles. The van der Waals surface area contributed by atoms with Gasteiger partial charge in [-0.15, -0.1) is 11.3 Å². The monoisotopic (exact) mass is 324 g/mol. The van der Waals surface area contributed by atoms with Crippen LogP contribution in [0.5, 0.6) is 0 Å². The van der Waals surface area contributed by atoms with Crippen LogP contribution in [0.15, 0.2) is 65.8 Å². The van der Waals surface area contributed by atoms with E-state index in [4.69, 9.17) is 0 Å². The van der Waals surface area contributed by atoms with Gasteiger partial charge in [-0.05, 0) is 46.9 Å². The summed E-state index contributed by atoms with van der Waals surface area (Å²) in [5.74, 6) is -0.0445. The molecular formula is C21H21FS. The molecule has 0 radical (unpaired) electrons. The predicted octanol–water partition coefficient (Wildman–Crippen LogP) is 6.87. The fourth-order valence-corrected chi connectivity index (χ4v) is 3.58. The Labute approximate surface area is 141 Å². The summed E-state index contributed by atoms with van der Waals surface area (Å²) in [4.78, 5) is 0. The van der Waals surface area contributed by atoms with Gasteiger partial charge >= 0.3 is 0 Å². The Morgan fingerprint density at radius 3 is 2.52 bits per heavy atom. The molecule has 0 aliphatic heterocycles. The molecule has 1 aromatic heterocycles. The molecule has 0 bridgehead atoms. The number of allylic oxidation sites excluding steroid dienone is 1. The maximum atomic E-state index is 14.8. The first kappa shape index (κ1) is 15.9. The van der Waals surface area contributed by atoms with Crippen LogP contribution in [-0.4, -0.2) is 0 Å². The molecule has 0 nitrogen and oxygen atoms in total. The molecular weight excluding hydrogens is 303 g/mol. The highest BCUT2D eigenvalue weighted by atomic mass is 32.1. The number of halogens is 1. The van der Waals surface area contributed by atoms with E-state index in [0.29, 0.717) is 0 Å². The molecule has 0 aliphatic rings. The van der Waals surface area contributed by atoms with E-state index in [2.05, 4.69) is 24.3 Å². The molecule has 0 N–H and O–H groups in total. The third kappa shape index (κ3) is 3.70. The van der Waals surface area contributed by atoms with Crippen molar-refractivity contribution < 1.29 is 4.39 Å². The van der Waals surface area contributed by atoms with Crippen molar-refractivity contribution in [1.82, 2.24) is 0 Å². The molecule has 118 valence electrons. The zero-order valence-corrected chi connectivity index (χ0v) is 14.4. The van der Waals surface area contributed by atoms with Crippen LogP contribution < -0.4 is 0 Å². The third-order valence-electron chi connectivity index (χ3n) is 4.32. The van der Waals surface area contributed by atoms with Gasteiger partial charge in [0.1, 0.15) is 5.83 Å². The Kier molecular flexibility index (Phi) is 4.63. The Balaban J connectivity index is 1.78. The molecule has 0 amide bonds. The summed E-state index contributed by atoms with van der Waals surface area (Å²) in [6.07, 6.45) is 3.39. The third-order valence-corrected chi connectivity index (χ3v) is 5.30. The van der Waals surface area contributed by atoms with Crippen LogP contribution in [0.4, 0.5) is 4.39 Å². The average Bonchev–Trinajstić information content (AvgIpc) is 2.97. The summed E-state index contributed by atoms with van der Waals surface area (Å²) in [5, 5.41) is 3.17. The summed E-state index contributed by atoms with van der Waals surface area (Å²) in [6.45, 7) is 3.96. The lowest BCUT2D eigenvalue weighted by Gasteiger charge is -2.22. The average molecular weight is 324 g/mol. The van der Waals surface area contributed by atoms with Crippen LogP contribution in [0.2, 0.25) is 0 Å². The van der Waals surface area contributed by atoms with E-state index in [1.165, 1.54) is 10.3 Å². The van der Waals surface area contributed by atoms with Crippen LogP contribution in [0.25, 0.3) is 16.2 Å². The lowest BCUT2D eigenvalue weighted by atomic mass is 9.84. The Morgan fingerprint density at radius 2 is 1.74 bits per heavy atom. The summed E-state index contributed by atoms with van der Waals surface area (Å²) in [5.41, 5.74) is 1.78. The van der Waals surface area contributed by atoms with Gasteiger partial charge in [0.2, 0.25) is 0 Å². The maximum absolute atomic E-state index is 14.8. The minimum Gasteiger partial charge on any atom is -0.211 e. The van der Waals surface area contributed by atoms with Crippen molar-refractivity contribution in [3.05, 3.63) is 76.9 Å². The number of hydrogen-bond donors (Lipinski definition) is 0. The first-order valence-corrected chi connectivity index (χ1v) is 8.82. The first-order chi connectivity index (χ1) is 11.1. The summed E-state index contributed by atoms with van der Waals surface area (Å²) < 4.78 is 16.0. The first-order valence-electron chi connectivity index (χ1n) is 7.94. The second-order valence-corrected chi connectivity index (χ2v) is 7.46. The maximum Gasteiger partial charge on any atom is 0.106 e. The van der Waals surface area contributed by atoms with Gasteiger partial charge in [0.05, 0.1) is 0 Å². The molecule has 3 rings (SSSR count). The summed E-state index contributed by atoms with van der Waals surface area (Å²) in [7, 11) is 0. The number of hydrogen-bond acceptors (Lipinski definition) is 1. The smallest absolute Gasteiger partial charge is 0.106 e. The van der Waals surface area contributed by atoms with E-state index < -0.39 is 5.41 Å². The summed E-state index contributed by atoms with van der Waals surface area (Å²) in [6, 6.07) is 18.4. The van der Waals surface area contributed by atoms with Gasteiger partial charge in [-0.25, -0.2) is 4.39 Å². The molecule has 1 heterocycles. The van der Waals surface area contributed by atoms with E-state index in [1.54, 1.807) is 17.4 Å². The highest BCUT2D eigenvalue weighted by Gasteiger charge is 2.24. The van der Waals surface area contributed by atoms with Crippen molar-refractivity contribution in [2.45, 2.75) is 26.7 Å². The number of benzene rings is 2. The van der Waals surface area contributed by atoms with Gasteiger partial charge in [0.25, 0.3) is 0 Å². The van der Waals surface area contributed by atoms with E-state index in [-0.39, 0.29) is 5.83 Å². The minimum atomic E-state index is -0.459. The standard InChI is InChI=1S/C21H21FS/c1-21(2,13-12-16-8-4-3-5-9-16)20(22)14-17-15-23-19-11-7-6-10-18(17)19/h3-11,14-15H,12-13H2,1-2H3/b20-14+. The van der Waals surface area contributed by atoms with Crippen LogP contribution in [-0.2, 0) is 6.42 Å². The van der Waals surface area contributed by atoms with Gasteiger partial charge in [0.15, 0.2) is 0 Å². The second kappa shape index (κ2) is 6.67.